The largest absolute Gasteiger partial charge is 0.484 e. The van der Waals surface area contributed by atoms with Crippen molar-refractivity contribution in [2.24, 2.45) is 0 Å². The molecule has 2 aliphatic rings. The van der Waals surface area contributed by atoms with E-state index >= 15 is 0 Å². The van der Waals surface area contributed by atoms with Crippen LogP contribution in [-0.4, -0.2) is 44.9 Å². The third-order valence-corrected chi connectivity index (χ3v) is 7.46. The lowest BCUT2D eigenvalue weighted by Gasteiger charge is -2.30. The molecule has 0 spiro atoms. The van der Waals surface area contributed by atoms with Gasteiger partial charge in [0.25, 0.3) is 5.91 Å². The Morgan fingerprint density at radius 3 is 2.59 bits per heavy atom. The van der Waals surface area contributed by atoms with Crippen LogP contribution in [0, 0.1) is 0 Å². The summed E-state index contributed by atoms with van der Waals surface area (Å²) in [6, 6.07) is 12.0. The Balaban J connectivity index is 1.51. The van der Waals surface area contributed by atoms with Gasteiger partial charge < -0.3 is 9.64 Å². The molecule has 2 aromatic rings. The van der Waals surface area contributed by atoms with Crippen LogP contribution in [0.15, 0.2) is 47.4 Å². The first-order chi connectivity index (χ1) is 13.9. The second-order valence-corrected chi connectivity index (χ2v) is 9.67. The summed E-state index contributed by atoms with van der Waals surface area (Å²) in [7, 11) is -3.47. The molecule has 6 nitrogen and oxygen atoms in total. The molecule has 2 heterocycles. The van der Waals surface area contributed by atoms with E-state index < -0.39 is 10.0 Å². The number of fused-ring (bicyclic) bond motifs is 1. The van der Waals surface area contributed by atoms with E-state index in [1.807, 2.05) is 0 Å². The van der Waals surface area contributed by atoms with E-state index in [-0.39, 0.29) is 12.5 Å². The van der Waals surface area contributed by atoms with Crippen LogP contribution in [0.25, 0.3) is 0 Å². The van der Waals surface area contributed by atoms with Crippen molar-refractivity contribution < 1.29 is 17.9 Å². The molecule has 4 rings (SSSR count). The van der Waals surface area contributed by atoms with Crippen molar-refractivity contribution in [3.63, 3.8) is 0 Å². The maximum absolute atomic E-state index is 12.8. The van der Waals surface area contributed by atoms with Crippen molar-refractivity contribution in [3.8, 4) is 5.75 Å². The van der Waals surface area contributed by atoms with Crippen LogP contribution in [-0.2, 0) is 21.2 Å². The van der Waals surface area contributed by atoms with Gasteiger partial charge in [-0.25, -0.2) is 8.42 Å². The number of carbonyl (C=O) groups excluding carboxylic acids is 1. The van der Waals surface area contributed by atoms with Crippen LogP contribution in [0.1, 0.15) is 24.8 Å². The number of benzene rings is 2. The van der Waals surface area contributed by atoms with Gasteiger partial charge in [-0.2, -0.15) is 4.31 Å². The van der Waals surface area contributed by atoms with E-state index in [9.17, 15) is 13.2 Å². The lowest BCUT2D eigenvalue weighted by Crippen LogP contribution is -2.38. The second-order valence-electron chi connectivity index (χ2n) is 7.30. The molecule has 0 N–H and O–H groups in total. The maximum atomic E-state index is 12.8. The molecule has 29 heavy (non-hydrogen) atoms. The van der Waals surface area contributed by atoms with E-state index in [0.717, 1.165) is 36.9 Å². The molecule has 2 aliphatic heterocycles. The average Bonchev–Trinajstić information content (AvgIpc) is 3.27. The van der Waals surface area contributed by atoms with Gasteiger partial charge in [0.2, 0.25) is 10.0 Å². The number of anilines is 1. The molecule has 0 radical (unpaired) electrons. The van der Waals surface area contributed by atoms with Gasteiger partial charge in [0, 0.05) is 30.3 Å². The number of ether oxygens (including phenoxy) is 1. The zero-order chi connectivity index (χ0) is 20.4. The normalized spacial score (nSPS) is 17.2. The van der Waals surface area contributed by atoms with E-state index in [1.165, 1.54) is 0 Å². The minimum atomic E-state index is -3.47. The number of amides is 1. The SMILES string of the molecule is O=C(COc1cccc(Cl)c1)N1CCCc2cc(S(=O)(=O)N3CCCC3)ccc21. The summed E-state index contributed by atoms with van der Waals surface area (Å²) in [5, 5.41) is 0.546. The number of sulfonamides is 1. The van der Waals surface area contributed by atoms with Gasteiger partial charge in [0.05, 0.1) is 4.90 Å². The molecule has 0 aromatic heterocycles. The van der Waals surface area contributed by atoms with Crippen molar-refractivity contribution in [1.82, 2.24) is 4.31 Å². The van der Waals surface area contributed by atoms with Crippen LogP contribution in [0.3, 0.4) is 0 Å². The van der Waals surface area contributed by atoms with E-state index in [2.05, 4.69) is 0 Å². The molecule has 0 bridgehead atoms. The smallest absolute Gasteiger partial charge is 0.264 e. The monoisotopic (exact) mass is 434 g/mol. The third kappa shape index (κ3) is 4.27. The Morgan fingerprint density at radius 2 is 1.83 bits per heavy atom. The molecule has 2 aromatic carbocycles. The van der Waals surface area contributed by atoms with Crippen LogP contribution >= 0.6 is 11.6 Å². The van der Waals surface area contributed by atoms with Crippen LogP contribution < -0.4 is 9.64 Å². The predicted molar refractivity (Wildman–Crippen MR) is 112 cm³/mol. The summed E-state index contributed by atoms with van der Waals surface area (Å²) in [5.41, 5.74) is 1.64. The highest BCUT2D eigenvalue weighted by Gasteiger charge is 2.29. The van der Waals surface area contributed by atoms with Crippen molar-refractivity contribution in [2.45, 2.75) is 30.6 Å². The van der Waals surface area contributed by atoms with Crippen LogP contribution in [0.5, 0.6) is 5.75 Å². The van der Waals surface area contributed by atoms with Crippen LogP contribution in [0.4, 0.5) is 5.69 Å². The van der Waals surface area contributed by atoms with Gasteiger partial charge in [-0.15, -0.1) is 0 Å². The summed E-state index contributed by atoms with van der Waals surface area (Å²) >= 11 is 5.95. The maximum Gasteiger partial charge on any atom is 0.264 e. The number of rotatable bonds is 5. The van der Waals surface area contributed by atoms with Gasteiger partial charge in [-0.1, -0.05) is 17.7 Å². The molecule has 0 unspecified atom stereocenters. The summed E-state index contributed by atoms with van der Waals surface area (Å²) in [4.78, 5) is 14.7. The molecular formula is C21H23ClN2O4S. The van der Waals surface area contributed by atoms with Gasteiger partial charge in [-0.05, 0) is 67.6 Å². The zero-order valence-electron chi connectivity index (χ0n) is 16.0. The minimum absolute atomic E-state index is 0.104. The molecule has 8 heteroatoms. The van der Waals surface area contributed by atoms with Gasteiger partial charge in [-0.3, -0.25) is 4.79 Å². The fourth-order valence-corrected chi connectivity index (χ4v) is 5.60. The fraction of sp³-hybridized carbons (Fsp3) is 0.381. The molecule has 154 valence electrons. The Kier molecular flexibility index (Phi) is 5.81. The second kappa shape index (κ2) is 8.34. The zero-order valence-corrected chi connectivity index (χ0v) is 17.6. The molecule has 1 fully saturated rings. The average molecular weight is 435 g/mol. The number of halogens is 1. The summed E-state index contributed by atoms with van der Waals surface area (Å²) in [6.45, 7) is 1.63. The fourth-order valence-electron chi connectivity index (χ4n) is 3.85. The highest BCUT2D eigenvalue weighted by molar-refractivity contribution is 7.89. The Morgan fingerprint density at radius 1 is 1.03 bits per heavy atom. The van der Waals surface area contributed by atoms with Gasteiger partial charge >= 0.3 is 0 Å². The number of hydrogen-bond acceptors (Lipinski definition) is 4. The third-order valence-electron chi connectivity index (χ3n) is 5.33. The van der Waals surface area contributed by atoms with E-state index in [4.69, 9.17) is 16.3 Å². The lowest BCUT2D eigenvalue weighted by molar-refractivity contribution is -0.120. The molecular weight excluding hydrogens is 412 g/mol. The number of aryl methyl sites for hydroxylation is 1. The Bertz CT molecular complexity index is 1020. The number of nitrogens with zero attached hydrogens (tertiary/aromatic N) is 2. The van der Waals surface area contributed by atoms with Crippen molar-refractivity contribution in [1.29, 1.82) is 0 Å². The Labute approximate surface area is 176 Å². The first-order valence-corrected chi connectivity index (χ1v) is 11.6. The highest BCUT2D eigenvalue weighted by Crippen LogP contribution is 2.31. The number of carbonyl (C=O) groups is 1. The summed E-state index contributed by atoms with van der Waals surface area (Å²) < 4.78 is 32.8. The van der Waals surface area contributed by atoms with E-state index in [0.29, 0.717) is 35.3 Å². The summed E-state index contributed by atoms with van der Waals surface area (Å²) in [6.07, 6.45) is 3.33. The Hall–Kier alpha value is -2.09. The first kappa shape index (κ1) is 20.2. The molecule has 1 saturated heterocycles. The molecule has 0 atom stereocenters. The van der Waals surface area contributed by atoms with Crippen molar-refractivity contribution in [2.75, 3.05) is 31.1 Å². The molecule has 0 saturated carbocycles. The first-order valence-electron chi connectivity index (χ1n) is 9.77. The molecule has 1 amide bonds. The van der Waals surface area contributed by atoms with Crippen molar-refractivity contribution >= 4 is 33.2 Å². The van der Waals surface area contributed by atoms with E-state index in [1.54, 1.807) is 51.7 Å². The highest BCUT2D eigenvalue weighted by atomic mass is 35.5. The predicted octanol–water partition coefficient (Wildman–Crippen LogP) is 3.48. The standard InChI is InChI=1S/C21H23ClN2O4S/c22-17-6-3-7-18(14-17)28-15-21(25)24-12-4-5-16-13-19(8-9-20(16)24)29(26,27)23-10-1-2-11-23/h3,6-9,13-14H,1-2,4-5,10-12,15H2. The minimum Gasteiger partial charge on any atom is -0.484 e. The van der Waals surface area contributed by atoms with Crippen LogP contribution in [0.2, 0.25) is 5.02 Å². The lowest BCUT2D eigenvalue weighted by atomic mass is 10.0. The number of hydrogen-bond donors (Lipinski definition) is 0. The summed E-state index contributed by atoms with van der Waals surface area (Å²) in [5.74, 6) is 0.371. The van der Waals surface area contributed by atoms with Gasteiger partial charge in [0.15, 0.2) is 6.61 Å². The van der Waals surface area contributed by atoms with Crippen molar-refractivity contribution in [3.05, 3.63) is 53.1 Å². The topological polar surface area (TPSA) is 66.9 Å². The van der Waals surface area contributed by atoms with Gasteiger partial charge in [0.1, 0.15) is 5.75 Å². The molecule has 0 aliphatic carbocycles. The quantitative estimate of drug-likeness (QED) is 0.722.